The first kappa shape index (κ1) is 11.3. The first-order valence-electron chi connectivity index (χ1n) is 4.79. The zero-order chi connectivity index (χ0) is 11.4. The standard InChI is InChI=1S/C12H14N2O/c1-9-4-6-11(7-5-9)12(15)14(3)10(2)8-13/h4-7,10H,1-3H3. The molecule has 0 bridgehead atoms. The van der Waals surface area contributed by atoms with Gasteiger partial charge in [0.05, 0.1) is 6.07 Å². The minimum atomic E-state index is -0.404. The molecule has 0 saturated heterocycles. The Bertz CT molecular complexity index is 389. The summed E-state index contributed by atoms with van der Waals surface area (Å²) in [5.41, 5.74) is 1.73. The van der Waals surface area contributed by atoms with Crippen molar-refractivity contribution in [3.05, 3.63) is 35.4 Å². The number of nitrogens with zero attached hydrogens (tertiary/aromatic N) is 2. The predicted molar refractivity (Wildman–Crippen MR) is 58.3 cm³/mol. The minimum Gasteiger partial charge on any atom is -0.326 e. The third-order valence-corrected chi connectivity index (χ3v) is 2.39. The minimum absolute atomic E-state index is 0.121. The Kier molecular flexibility index (Phi) is 3.46. The fourth-order valence-electron chi connectivity index (χ4n) is 1.16. The zero-order valence-electron chi connectivity index (χ0n) is 9.19. The molecule has 15 heavy (non-hydrogen) atoms. The monoisotopic (exact) mass is 202 g/mol. The van der Waals surface area contributed by atoms with Gasteiger partial charge < -0.3 is 4.90 Å². The first-order chi connectivity index (χ1) is 7.06. The van der Waals surface area contributed by atoms with E-state index < -0.39 is 6.04 Å². The van der Waals surface area contributed by atoms with Crippen LogP contribution < -0.4 is 0 Å². The molecule has 1 aromatic rings. The molecular formula is C12H14N2O. The Hall–Kier alpha value is -1.82. The van der Waals surface area contributed by atoms with Gasteiger partial charge in [-0.05, 0) is 26.0 Å². The second-order valence-corrected chi connectivity index (χ2v) is 3.59. The Labute approximate surface area is 89.9 Å². The van der Waals surface area contributed by atoms with E-state index in [2.05, 4.69) is 0 Å². The molecule has 0 aromatic heterocycles. The van der Waals surface area contributed by atoms with E-state index in [4.69, 9.17) is 5.26 Å². The molecule has 0 aliphatic heterocycles. The highest BCUT2D eigenvalue weighted by Gasteiger charge is 2.16. The van der Waals surface area contributed by atoms with Crippen LogP contribution in [0.15, 0.2) is 24.3 Å². The largest absolute Gasteiger partial charge is 0.326 e. The molecular weight excluding hydrogens is 188 g/mol. The van der Waals surface area contributed by atoms with Gasteiger partial charge in [0.1, 0.15) is 6.04 Å². The van der Waals surface area contributed by atoms with Crippen LogP contribution in [-0.4, -0.2) is 23.9 Å². The number of aryl methyl sites for hydroxylation is 1. The molecule has 0 spiro atoms. The van der Waals surface area contributed by atoms with Gasteiger partial charge in [0.2, 0.25) is 0 Å². The summed E-state index contributed by atoms with van der Waals surface area (Å²) in [7, 11) is 1.63. The Morgan fingerprint density at radius 1 is 1.40 bits per heavy atom. The summed E-state index contributed by atoms with van der Waals surface area (Å²) in [6, 6.07) is 8.95. The van der Waals surface area contributed by atoms with Gasteiger partial charge in [-0.15, -0.1) is 0 Å². The molecule has 3 heteroatoms. The van der Waals surface area contributed by atoms with Crippen molar-refractivity contribution in [1.82, 2.24) is 4.90 Å². The lowest BCUT2D eigenvalue weighted by atomic mass is 10.1. The molecule has 0 radical (unpaired) electrons. The molecule has 0 saturated carbocycles. The van der Waals surface area contributed by atoms with Crippen LogP contribution in [0.25, 0.3) is 0 Å². The van der Waals surface area contributed by atoms with Crippen molar-refractivity contribution >= 4 is 5.91 Å². The normalized spacial score (nSPS) is 11.6. The molecule has 78 valence electrons. The molecule has 0 fully saturated rings. The first-order valence-corrected chi connectivity index (χ1v) is 4.79. The smallest absolute Gasteiger partial charge is 0.254 e. The molecule has 1 aromatic carbocycles. The van der Waals surface area contributed by atoms with Gasteiger partial charge >= 0.3 is 0 Å². The molecule has 0 heterocycles. The van der Waals surface area contributed by atoms with Gasteiger partial charge in [-0.1, -0.05) is 17.7 Å². The van der Waals surface area contributed by atoms with Crippen LogP contribution in [0.2, 0.25) is 0 Å². The van der Waals surface area contributed by atoms with Gasteiger partial charge in [0.15, 0.2) is 0 Å². The molecule has 1 amide bonds. The number of benzene rings is 1. The number of amides is 1. The van der Waals surface area contributed by atoms with Crippen LogP contribution >= 0.6 is 0 Å². The summed E-state index contributed by atoms with van der Waals surface area (Å²) in [6.07, 6.45) is 0. The maximum atomic E-state index is 11.8. The van der Waals surface area contributed by atoms with E-state index in [0.29, 0.717) is 5.56 Å². The fourth-order valence-corrected chi connectivity index (χ4v) is 1.16. The van der Waals surface area contributed by atoms with E-state index in [1.165, 1.54) is 4.90 Å². The third-order valence-electron chi connectivity index (χ3n) is 2.39. The topological polar surface area (TPSA) is 44.1 Å². The highest BCUT2D eigenvalue weighted by atomic mass is 16.2. The maximum Gasteiger partial charge on any atom is 0.254 e. The number of hydrogen-bond donors (Lipinski definition) is 0. The molecule has 3 nitrogen and oxygen atoms in total. The van der Waals surface area contributed by atoms with E-state index in [1.807, 2.05) is 25.1 Å². The van der Waals surface area contributed by atoms with Crippen LogP contribution in [0.1, 0.15) is 22.8 Å². The van der Waals surface area contributed by atoms with Crippen LogP contribution in [0.4, 0.5) is 0 Å². The summed E-state index contributed by atoms with van der Waals surface area (Å²) in [4.78, 5) is 13.3. The van der Waals surface area contributed by atoms with Crippen molar-refractivity contribution < 1.29 is 4.79 Å². The van der Waals surface area contributed by atoms with Crippen LogP contribution in [0, 0.1) is 18.3 Å². The summed E-state index contributed by atoms with van der Waals surface area (Å²) in [6.45, 7) is 3.67. The van der Waals surface area contributed by atoms with Crippen molar-refractivity contribution in [3.8, 4) is 6.07 Å². The van der Waals surface area contributed by atoms with Crippen molar-refractivity contribution in [2.24, 2.45) is 0 Å². The lowest BCUT2D eigenvalue weighted by molar-refractivity contribution is 0.0773. The zero-order valence-corrected chi connectivity index (χ0v) is 9.19. The Balaban J connectivity index is 2.86. The number of carbonyl (C=O) groups excluding carboxylic acids is 1. The van der Waals surface area contributed by atoms with Gasteiger partial charge in [0, 0.05) is 12.6 Å². The molecule has 0 N–H and O–H groups in total. The Morgan fingerprint density at radius 2 is 1.93 bits per heavy atom. The molecule has 1 rings (SSSR count). The second kappa shape index (κ2) is 4.61. The number of rotatable bonds is 2. The highest BCUT2D eigenvalue weighted by Crippen LogP contribution is 2.07. The maximum absolute atomic E-state index is 11.8. The average molecular weight is 202 g/mol. The molecule has 0 aliphatic rings. The van der Waals surface area contributed by atoms with Crippen LogP contribution in [-0.2, 0) is 0 Å². The fraction of sp³-hybridized carbons (Fsp3) is 0.333. The van der Waals surface area contributed by atoms with E-state index in [0.717, 1.165) is 5.56 Å². The van der Waals surface area contributed by atoms with Crippen molar-refractivity contribution in [2.75, 3.05) is 7.05 Å². The van der Waals surface area contributed by atoms with E-state index in [9.17, 15) is 4.79 Å². The molecule has 1 unspecified atom stereocenters. The average Bonchev–Trinajstić information content (AvgIpc) is 2.27. The van der Waals surface area contributed by atoms with Crippen molar-refractivity contribution in [3.63, 3.8) is 0 Å². The second-order valence-electron chi connectivity index (χ2n) is 3.59. The Morgan fingerprint density at radius 3 is 2.40 bits per heavy atom. The van der Waals surface area contributed by atoms with E-state index in [1.54, 1.807) is 26.1 Å². The van der Waals surface area contributed by atoms with E-state index in [-0.39, 0.29) is 5.91 Å². The van der Waals surface area contributed by atoms with Crippen LogP contribution in [0.5, 0.6) is 0 Å². The van der Waals surface area contributed by atoms with Gasteiger partial charge in [-0.25, -0.2) is 0 Å². The summed E-state index contributed by atoms with van der Waals surface area (Å²) in [5, 5.41) is 8.70. The van der Waals surface area contributed by atoms with Crippen LogP contribution in [0.3, 0.4) is 0 Å². The summed E-state index contributed by atoms with van der Waals surface area (Å²) >= 11 is 0. The lowest BCUT2D eigenvalue weighted by Gasteiger charge is -2.19. The highest BCUT2D eigenvalue weighted by molar-refractivity contribution is 5.94. The quantitative estimate of drug-likeness (QED) is 0.736. The van der Waals surface area contributed by atoms with Gasteiger partial charge in [-0.2, -0.15) is 5.26 Å². The SMILES string of the molecule is Cc1ccc(C(=O)N(C)C(C)C#N)cc1. The van der Waals surface area contributed by atoms with Crippen molar-refractivity contribution in [1.29, 1.82) is 5.26 Å². The van der Waals surface area contributed by atoms with Crippen molar-refractivity contribution in [2.45, 2.75) is 19.9 Å². The molecule has 0 aliphatic carbocycles. The number of nitriles is 1. The van der Waals surface area contributed by atoms with Gasteiger partial charge in [-0.3, -0.25) is 4.79 Å². The molecule has 1 atom stereocenters. The third kappa shape index (κ3) is 2.57. The number of carbonyl (C=O) groups is 1. The number of hydrogen-bond acceptors (Lipinski definition) is 2. The van der Waals surface area contributed by atoms with Gasteiger partial charge in [0.25, 0.3) is 5.91 Å². The summed E-state index contributed by atoms with van der Waals surface area (Å²) in [5.74, 6) is -0.121. The summed E-state index contributed by atoms with van der Waals surface area (Å²) < 4.78 is 0. The predicted octanol–water partition coefficient (Wildman–Crippen LogP) is 1.98. The lowest BCUT2D eigenvalue weighted by Crippen LogP contribution is -2.33. The van der Waals surface area contributed by atoms with E-state index >= 15 is 0 Å².